The Hall–Kier alpha value is -2.45. The average molecular weight is 450 g/mol. The smallest absolute Gasteiger partial charge is 0.327 e. The van der Waals surface area contributed by atoms with Gasteiger partial charge in [-0.15, -0.1) is 17.0 Å². The number of esters is 1. The Morgan fingerprint density at radius 1 is 1.15 bits per heavy atom. The minimum absolute atomic E-state index is 0. The predicted molar refractivity (Wildman–Crippen MR) is 111 cm³/mol. The van der Waals surface area contributed by atoms with Crippen LogP contribution in [0.25, 0.3) is 17.1 Å². The summed E-state index contributed by atoms with van der Waals surface area (Å²) in [6, 6.07) is 17.6. The van der Waals surface area contributed by atoms with Crippen molar-refractivity contribution < 1.29 is 14.3 Å². The molecule has 2 aromatic carbocycles. The van der Waals surface area contributed by atoms with Gasteiger partial charge in [-0.05, 0) is 54.9 Å². The second kappa shape index (κ2) is 10.0. The van der Waals surface area contributed by atoms with Gasteiger partial charge in [0.05, 0.1) is 19.4 Å². The van der Waals surface area contributed by atoms with Gasteiger partial charge in [-0.25, -0.2) is 8.95 Å². The molecular formula is C19H20BrN3O3S. The van der Waals surface area contributed by atoms with E-state index in [0.29, 0.717) is 11.4 Å². The Kier molecular flexibility index (Phi) is 7.75. The molecule has 0 aliphatic rings. The van der Waals surface area contributed by atoms with Crippen LogP contribution in [0.5, 0.6) is 5.75 Å². The van der Waals surface area contributed by atoms with Crippen molar-refractivity contribution in [2.45, 2.75) is 6.92 Å². The average Bonchev–Trinajstić information content (AvgIpc) is 3.12. The second-order valence-corrected chi connectivity index (χ2v) is 6.20. The molecule has 0 radical (unpaired) electrons. The summed E-state index contributed by atoms with van der Waals surface area (Å²) in [4.78, 5) is 21.0. The molecule has 0 saturated heterocycles. The van der Waals surface area contributed by atoms with Crippen molar-refractivity contribution in [3.63, 3.8) is 0 Å². The fraction of sp³-hybridized carbons (Fsp3) is 0.211. The van der Waals surface area contributed by atoms with Gasteiger partial charge in [-0.1, -0.05) is 18.2 Å². The molecule has 142 valence electrons. The fourth-order valence-corrected chi connectivity index (χ4v) is 3.22. The number of methoxy groups -OCH3 is 1. The van der Waals surface area contributed by atoms with E-state index in [9.17, 15) is 4.79 Å². The second-order valence-electron chi connectivity index (χ2n) is 5.29. The van der Waals surface area contributed by atoms with Crippen LogP contribution in [-0.2, 0) is 9.53 Å². The number of benzene rings is 2. The number of hydrogen-bond acceptors (Lipinski definition) is 6. The van der Waals surface area contributed by atoms with Crippen molar-refractivity contribution in [1.82, 2.24) is 8.94 Å². The van der Waals surface area contributed by atoms with E-state index in [1.807, 2.05) is 58.6 Å². The number of ether oxygens (including phenoxy) is 2. The lowest BCUT2D eigenvalue weighted by Crippen LogP contribution is -2.11. The summed E-state index contributed by atoms with van der Waals surface area (Å²) in [6.07, 6.45) is 0. The van der Waals surface area contributed by atoms with Crippen molar-refractivity contribution in [3.8, 4) is 22.8 Å². The molecule has 0 bridgehead atoms. The number of para-hydroxylation sites is 1. The van der Waals surface area contributed by atoms with Crippen molar-refractivity contribution >= 4 is 34.5 Å². The predicted octanol–water partition coefficient (Wildman–Crippen LogP) is 3.65. The summed E-state index contributed by atoms with van der Waals surface area (Å²) in [5.41, 5.74) is 1.91. The maximum Gasteiger partial charge on any atom is 0.327 e. The Morgan fingerprint density at radius 3 is 2.48 bits per heavy atom. The molecule has 6 nitrogen and oxygen atoms in total. The molecule has 0 N–H and O–H groups in total. The van der Waals surface area contributed by atoms with Crippen molar-refractivity contribution in [2.75, 3.05) is 20.3 Å². The number of rotatable bonds is 6. The number of carbonyl (C=O) groups is 1. The van der Waals surface area contributed by atoms with Gasteiger partial charge in [0.15, 0.2) is 5.82 Å². The first-order valence-electron chi connectivity index (χ1n) is 8.17. The van der Waals surface area contributed by atoms with Gasteiger partial charge in [0.1, 0.15) is 12.3 Å². The first-order valence-corrected chi connectivity index (χ1v) is 8.95. The van der Waals surface area contributed by atoms with Crippen LogP contribution in [0.15, 0.2) is 59.6 Å². The third kappa shape index (κ3) is 5.27. The molecule has 0 unspecified atom stereocenters. The first kappa shape index (κ1) is 20.9. The van der Waals surface area contributed by atoms with Crippen LogP contribution in [0.3, 0.4) is 0 Å². The molecule has 0 aliphatic carbocycles. The monoisotopic (exact) mass is 449 g/mol. The highest BCUT2D eigenvalue weighted by Crippen LogP contribution is 2.24. The number of hydrogen-bond donors (Lipinski definition) is 0. The zero-order valence-electron chi connectivity index (χ0n) is 15.0. The molecule has 8 heteroatoms. The molecule has 3 aromatic rings. The number of carbonyl (C=O) groups excluding carboxylic acids is 1. The quantitative estimate of drug-likeness (QED) is 0.538. The maximum atomic E-state index is 11.6. The van der Waals surface area contributed by atoms with Gasteiger partial charge in [0.2, 0.25) is 4.80 Å². The van der Waals surface area contributed by atoms with E-state index in [-0.39, 0.29) is 29.5 Å². The first-order chi connectivity index (χ1) is 12.7. The topological polar surface area (TPSA) is 65.7 Å². The fourth-order valence-electron chi connectivity index (χ4n) is 2.34. The van der Waals surface area contributed by atoms with E-state index in [4.69, 9.17) is 9.47 Å². The molecule has 0 spiro atoms. The summed E-state index contributed by atoms with van der Waals surface area (Å²) < 4.78 is 12.1. The van der Waals surface area contributed by atoms with Crippen molar-refractivity contribution in [1.29, 1.82) is 0 Å². The molecule has 1 aromatic heterocycles. The van der Waals surface area contributed by atoms with Crippen LogP contribution in [0, 0.1) is 0 Å². The van der Waals surface area contributed by atoms with Gasteiger partial charge < -0.3 is 9.47 Å². The lowest BCUT2D eigenvalue weighted by Gasteiger charge is -2.06. The lowest BCUT2D eigenvalue weighted by molar-refractivity contribution is -0.141. The molecule has 0 amide bonds. The lowest BCUT2D eigenvalue weighted by atomic mass is 10.2. The van der Waals surface area contributed by atoms with Crippen LogP contribution >= 0.6 is 28.5 Å². The van der Waals surface area contributed by atoms with Crippen LogP contribution in [-0.4, -0.2) is 35.2 Å². The highest BCUT2D eigenvalue weighted by molar-refractivity contribution is 8.93. The summed E-state index contributed by atoms with van der Waals surface area (Å²) in [6.45, 7) is 2.07. The highest BCUT2D eigenvalue weighted by Gasteiger charge is 2.11. The Balaban J connectivity index is 0.00000261. The normalized spacial score (nSPS) is 11.0. The van der Waals surface area contributed by atoms with E-state index in [1.54, 1.807) is 14.0 Å². The van der Waals surface area contributed by atoms with Gasteiger partial charge in [-0.3, -0.25) is 4.79 Å². The third-order valence-corrected chi connectivity index (χ3v) is 4.50. The number of nitrogens with zero attached hydrogens (tertiary/aromatic N) is 3. The number of halogens is 1. The standard InChI is InChI=1S/C19H19N3O3S.BrH/c1-3-25-17(23)13-20-19-21-18(14-9-11-16(24-2)12-10-14)22(26-19)15-7-5-4-6-8-15;/h4-12H,3,13H2,1-2H3;1H. The zero-order chi connectivity index (χ0) is 18.4. The van der Waals surface area contributed by atoms with Crippen LogP contribution in [0.1, 0.15) is 6.92 Å². The maximum absolute atomic E-state index is 11.6. The number of aromatic nitrogens is 2. The van der Waals surface area contributed by atoms with Gasteiger partial charge in [-0.2, -0.15) is 4.98 Å². The van der Waals surface area contributed by atoms with E-state index >= 15 is 0 Å². The van der Waals surface area contributed by atoms with Crippen molar-refractivity contribution in [2.24, 2.45) is 4.99 Å². The van der Waals surface area contributed by atoms with Crippen LogP contribution in [0.4, 0.5) is 0 Å². The SMILES string of the molecule is Br.CCOC(=O)CN=c1nc(-c2ccc(OC)cc2)n(-c2ccccc2)s1. The molecule has 0 atom stereocenters. The minimum Gasteiger partial charge on any atom is -0.497 e. The van der Waals surface area contributed by atoms with Crippen LogP contribution < -0.4 is 9.54 Å². The van der Waals surface area contributed by atoms with Gasteiger partial charge in [0, 0.05) is 5.56 Å². The van der Waals surface area contributed by atoms with Gasteiger partial charge >= 0.3 is 5.97 Å². The molecule has 27 heavy (non-hydrogen) atoms. The van der Waals surface area contributed by atoms with Crippen LogP contribution in [0.2, 0.25) is 0 Å². The van der Waals surface area contributed by atoms with Gasteiger partial charge in [0.25, 0.3) is 0 Å². The molecule has 0 fully saturated rings. The van der Waals surface area contributed by atoms with Crippen molar-refractivity contribution in [3.05, 3.63) is 59.4 Å². The Labute approximate surface area is 172 Å². The van der Waals surface area contributed by atoms with E-state index in [2.05, 4.69) is 9.98 Å². The largest absolute Gasteiger partial charge is 0.497 e. The zero-order valence-corrected chi connectivity index (χ0v) is 17.5. The summed E-state index contributed by atoms with van der Waals surface area (Å²) in [5, 5.41) is 0. The minimum atomic E-state index is -0.361. The third-order valence-electron chi connectivity index (χ3n) is 3.55. The molecule has 3 rings (SSSR count). The van der Waals surface area contributed by atoms with E-state index < -0.39 is 0 Å². The summed E-state index contributed by atoms with van der Waals surface area (Å²) in [7, 11) is 1.63. The molecule has 0 aliphatic heterocycles. The van der Waals surface area contributed by atoms with E-state index in [0.717, 1.165) is 22.8 Å². The Morgan fingerprint density at radius 2 is 1.85 bits per heavy atom. The Bertz CT molecular complexity index is 937. The molecular weight excluding hydrogens is 430 g/mol. The summed E-state index contributed by atoms with van der Waals surface area (Å²) in [5.74, 6) is 1.17. The van der Waals surface area contributed by atoms with E-state index in [1.165, 1.54) is 11.5 Å². The molecule has 1 heterocycles. The summed E-state index contributed by atoms with van der Waals surface area (Å²) >= 11 is 1.38. The molecule has 0 saturated carbocycles. The highest BCUT2D eigenvalue weighted by atomic mass is 79.9.